The first kappa shape index (κ1) is 21.1. The molecule has 3 aliphatic rings. The van der Waals surface area contributed by atoms with Gasteiger partial charge in [0.15, 0.2) is 5.79 Å². The van der Waals surface area contributed by atoms with E-state index in [2.05, 4.69) is 19.9 Å². The van der Waals surface area contributed by atoms with Crippen molar-refractivity contribution in [2.45, 2.75) is 58.8 Å². The lowest BCUT2D eigenvalue weighted by atomic mass is 9.71. The largest absolute Gasteiger partial charge is 0.465 e. The number of methoxy groups -OCH3 is 1. The van der Waals surface area contributed by atoms with E-state index < -0.39 is 11.4 Å². The summed E-state index contributed by atoms with van der Waals surface area (Å²) < 4.78 is 17.9. The molecular weight excluding hydrogens is 376 g/mol. The fourth-order valence-corrected chi connectivity index (χ4v) is 4.37. The Morgan fingerprint density at radius 3 is 2.82 bits per heavy atom. The zero-order chi connectivity index (χ0) is 20.7. The van der Waals surface area contributed by atoms with E-state index in [1.165, 1.54) is 0 Å². The van der Waals surface area contributed by atoms with Gasteiger partial charge in [-0.25, -0.2) is 0 Å². The number of Topliss-reactive ketones (excluding diaryl/α,β-unsaturated/α-hetero) is 1. The number of ether oxygens (including phenoxy) is 3. The Bertz CT molecular complexity index is 832. The molecule has 3 rings (SSSR count). The molecule has 0 bridgehead atoms. The van der Waals surface area contributed by atoms with Gasteiger partial charge < -0.3 is 14.2 Å². The second kappa shape index (κ2) is 7.66. The van der Waals surface area contributed by atoms with Gasteiger partial charge >= 0.3 is 0 Å². The van der Waals surface area contributed by atoms with Gasteiger partial charge in [-0.15, -0.1) is 0 Å². The Morgan fingerprint density at radius 2 is 2.21 bits per heavy atom. The molecule has 1 fully saturated rings. The molecule has 4 nitrogen and oxygen atoms in total. The molecule has 28 heavy (non-hydrogen) atoms. The zero-order valence-corrected chi connectivity index (χ0v) is 18.2. The van der Waals surface area contributed by atoms with Gasteiger partial charge in [0.05, 0.1) is 11.3 Å². The molecule has 0 radical (unpaired) electrons. The molecule has 4 atom stereocenters. The van der Waals surface area contributed by atoms with Crippen LogP contribution in [0.15, 0.2) is 58.1 Å². The zero-order valence-electron chi connectivity index (χ0n) is 17.5. The number of ketones is 1. The van der Waals surface area contributed by atoms with Gasteiger partial charge in [-0.2, -0.15) is 0 Å². The fourth-order valence-electron chi connectivity index (χ4n) is 4.01. The van der Waals surface area contributed by atoms with Crippen LogP contribution in [0, 0.1) is 11.8 Å². The highest BCUT2D eigenvalue weighted by Crippen LogP contribution is 2.56. The van der Waals surface area contributed by atoms with Gasteiger partial charge in [0.2, 0.25) is 5.78 Å². The fraction of sp³-hybridized carbons (Fsp3) is 0.522. The highest BCUT2D eigenvalue weighted by molar-refractivity contribution is 6.45. The lowest BCUT2D eigenvalue weighted by molar-refractivity contribution is -0.211. The van der Waals surface area contributed by atoms with Gasteiger partial charge in [0.25, 0.3) is 0 Å². The van der Waals surface area contributed by atoms with E-state index in [1.807, 2.05) is 32.1 Å². The van der Waals surface area contributed by atoms with E-state index in [0.717, 1.165) is 23.1 Å². The number of hydrogen-bond donors (Lipinski definition) is 0. The summed E-state index contributed by atoms with van der Waals surface area (Å²) in [6.07, 6.45) is 11.1. The number of hydrogen-bond acceptors (Lipinski definition) is 4. The third-order valence-corrected chi connectivity index (χ3v) is 6.67. The van der Waals surface area contributed by atoms with E-state index >= 15 is 0 Å². The monoisotopic (exact) mass is 404 g/mol. The molecule has 2 aliphatic heterocycles. The molecule has 0 N–H and O–H groups in total. The van der Waals surface area contributed by atoms with Crippen molar-refractivity contribution in [3.8, 4) is 0 Å². The Labute approximate surface area is 172 Å². The summed E-state index contributed by atoms with van der Waals surface area (Å²) in [5, 5.41) is 0.188. The minimum atomic E-state index is -1.09. The molecule has 5 heteroatoms. The topological polar surface area (TPSA) is 44.8 Å². The molecule has 0 aromatic carbocycles. The molecule has 0 saturated carbocycles. The van der Waals surface area contributed by atoms with Crippen molar-refractivity contribution in [2.75, 3.05) is 7.11 Å². The lowest BCUT2D eigenvalue weighted by Gasteiger charge is -2.37. The van der Waals surface area contributed by atoms with E-state index in [-0.39, 0.29) is 16.7 Å². The van der Waals surface area contributed by atoms with Crippen LogP contribution < -0.4 is 0 Å². The van der Waals surface area contributed by atoms with Crippen LogP contribution in [0.1, 0.15) is 47.5 Å². The number of carbonyl (C=O) groups is 1. The maximum absolute atomic E-state index is 13.2. The molecule has 1 saturated heterocycles. The third-order valence-electron chi connectivity index (χ3n) is 6.29. The van der Waals surface area contributed by atoms with Gasteiger partial charge in [-0.3, -0.25) is 4.79 Å². The summed E-state index contributed by atoms with van der Waals surface area (Å²) in [5.41, 5.74) is 1.45. The molecule has 0 unspecified atom stereocenters. The number of fused-ring (bicyclic) bond motifs is 3. The molecule has 1 aliphatic carbocycles. The highest BCUT2D eigenvalue weighted by Gasteiger charge is 2.62. The summed E-state index contributed by atoms with van der Waals surface area (Å²) in [7, 11) is 1.61. The number of carbonyl (C=O) groups excluding carboxylic acids is 1. The predicted molar refractivity (Wildman–Crippen MR) is 111 cm³/mol. The van der Waals surface area contributed by atoms with E-state index in [9.17, 15) is 4.79 Å². The Balaban J connectivity index is 2.01. The van der Waals surface area contributed by atoms with Crippen molar-refractivity contribution in [1.82, 2.24) is 0 Å². The smallest absolute Gasteiger partial charge is 0.207 e. The van der Waals surface area contributed by atoms with Crippen molar-refractivity contribution < 1.29 is 19.0 Å². The van der Waals surface area contributed by atoms with Crippen LogP contribution >= 0.6 is 11.6 Å². The minimum Gasteiger partial charge on any atom is -0.465 e. The number of allylic oxidation sites excluding steroid dienone is 5. The molecule has 0 aromatic rings. The maximum atomic E-state index is 13.2. The van der Waals surface area contributed by atoms with E-state index in [4.69, 9.17) is 25.8 Å². The first-order valence-electron chi connectivity index (χ1n) is 9.82. The van der Waals surface area contributed by atoms with Crippen molar-refractivity contribution in [3.63, 3.8) is 0 Å². The first-order valence-corrected chi connectivity index (χ1v) is 10.2. The summed E-state index contributed by atoms with van der Waals surface area (Å²) in [6, 6.07) is 0. The van der Waals surface area contributed by atoms with Crippen molar-refractivity contribution in [3.05, 3.63) is 58.1 Å². The second-order valence-corrected chi connectivity index (χ2v) is 8.31. The van der Waals surface area contributed by atoms with Crippen molar-refractivity contribution in [1.29, 1.82) is 0 Å². The highest BCUT2D eigenvalue weighted by atomic mass is 35.5. The summed E-state index contributed by atoms with van der Waals surface area (Å²) in [6.45, 7) is 9.97. The molecular formula is C23H29ClO4. The van der Waals surface area contributed by atoms with E-state index in [1.54, 1.807) is 20.3 Å². The van der Waals surface area contributed by atoms with Crippen LogP contribution in [-0.2, 0) is 19.0 Å². The Hall–Kier alpha value is -1.62. The quantitative estimate of drug-likeness (QED) is 0.562. The lowest BCUT2D eigenvalue weighted by Crippen LogP contribution is -2.47. The average Bonchev–Trinajstić information content (AvgIpc) is 3.04. The maximum Gasteiger partial charge on any atom is 0.207 e. The van der Waals surface area contributed by atoms with Crippen LogP contribution in [0.5, 0.6) is 0 Å². The first-order chi connectivity index (χ1) is 13.2. The summed E-state index contributed by atoms with van der Waals surface area (Å²) in [4.78, 5) is 13.2. The second-order valence-electron chi connectivity index (χ2n) is 7.93. The number of rotatable bonds is 5. The molecule has 0 spiro atoms. The van der Waals surface area contributed by atoms with Crippen LogP contribution in [0.25, 0.3) is 0 Å². The molecule has 0 aromatic heterocycles. The minimum absolute atomic E-state index is 0.188. The molecule has 2 heterocycles. The average molecular weight is 405 g/mol. The van der Waals surface area contributed by atoms with Crippen LogP contribution in [0.4, 0.5) is 0 Å². The Morgan fingerprint density at radius 1 is 1.50 bits per heavy atom. The summed E-state index contributed by atoms with van der Waals surface area (Å²) >= 11 is 6.53. The Kier molecular flexibility index (Phi) is 5.77. The van der Waals surface area contributed by atoms with Crippen molar-refractivity contribution >= 4 is 17.4 Å². The van der Waals surface area contributed by atoms with Gasteiger partial charge in [-0.1, -0.05) is 44.0 Å². The van der Waals surface area contributed by atoms with E-state index in [0.29, 0.717) is 18.1 Å². The SMILES string of the molecule is C/C=C(\C)[C@]1(OC)C[C@H]2C3=COC(/C=C/[C@@H](C)CC)=CC3=C(Cl)C(=O)[C@@]2(C)O1. The molecule has 152 valence electrons. The standard InChI is InChI=1S/C23H29ClO4/c1-7-14(3)9-10-16-11-17-18(13-27-16)19-12-23(26-6,15(4)8-2)28-22(19,5)21(25)20(17)24/h8-11,13-14,19H,7,12H2,1-6H3/b10-9+,15-8+/t14-,19-,22-,23-/m0/s1. The third kappa shape index (κ3) is 3.22. The summed E-state index contributed by atoms with van der Waals surface area (Å²) in [5.74, 6) is -0.237. The van der Waals surface area contributed by atoms with Crippen LogP contribution in [0.3, 0.4) is 0 Å². The predicted octanol–water partition coefficient (Wildman–Crippen LogP) is 5.57. The van der Waals surface area contributed by atoms with Crippen LogP contribution in [-0.4, -0.2) is 24.3 Å². The molecule has 0 amide bonds. The van der Waals surface area contributed by atoms with Gasteiger partial charge in [0.1, 0.15) is 11.4 Å². The van der Waals surface area contributed by atoms with Crippen molar-refractivity contribution in [2.24, 2.45) is 11.8 Å². The van der Waals surface area contributed by atoms with Gasteiger partial charge in [-0.05, 0) is 44.4 Å². The normalized spacial score (nSPS) is 34.0. The number of halogens is 1. The van der Waals surface area contributed by atoms with Gasteiger partial charge in [0, 0.05) is 30.6 Å². The van der Waals surface area contributed by atoms with Crippen LogP contribution in [0.2, 0.25) is 0 Å².